The summed E-state index contributed by atoms with van der Waals surface area (Å²) in [5.41, 5.74) is 0.710. The van der Waals surface area contributed by atoms with E-state index in [2.05, 4.69) is 18.2 Å². The third kappa shape index (κ3) is 1.78. The van der Waals surface area contributed by atoms with E-state index in [9.17, 15) is 9.59 Å². The van der Waals surface area contributed by atoms with Crippen LogP contribution in [0.5, 0.6) is 0 Å². The molecule has 0 heterocycles. The molecule has 0 bridgehead atoms. The lowest BCUT2D eigenvalue weighted by atomic mass is 9.53. The highest BCUT2D eigenvalue weighted by Crippen LogP contribution is 2.56. The number of ether oxygens (including phenoxy) is 1. The summed E-state index contributed by atoms with van der Waals surface area (Å²) in [4.78, 5) is 24.2. The van der Waals surface area contributed by atoms with Gasteiger partial charge in [-0.1, -0.05) is 18.2 Å². The van der Waals surface area contributed by atoms with Crippen LogP contribution in [0, 0.1) is 17.3 Å². The van der Waals surface area contributed by atoms with Gasteiger partial charge in [-0.2, -0.15) is 0 Å². The van der Waals surface area contributed by atoms with E-state index in [0.717, 1.165) is 19.3 Å². The average molecular weight is 260 g/mol. The summed E-state index contributed by atoms with van der Waals surface area (Å²) < 4.78 is 5.12. The molecule has 0 saturated heterocycles. The van der Waals surface area contributed by atoms with Gasteiger partial charge in [0.25, 0.3) is 0 Å². The highest BCUT2D eigenvalue weighted by Gasteiger charge is 2.55. The summed E-state index contributed by atoms with van der Waals surface area (Å²) in [6.07, 6.45) is 11.2. The van der Waals surface area contributed by atoms with E-state index in [0.29, 0.717) is 31.0 Å². The molecular formula is C16H20O3. The Morgan fingerprint density at radius 1 is 1.42 bits per heavy atom. The van der Waals surface area contributed by atoms with E-state index in [1.54, 1.807) is 0 Å². The first-order valence-electron chi connectivity index (χ1n) is 7.16. The van der Waals surface area contributed by atoms with Crippen LogP contribution in [0.15, 0.2) is 23.8 Å². The van der Waals surface area contributed by atoms with Gasteiger partial charge in [0.2, 0.25) is 0 Å². The molecule has 3 atom stereocenters. The van der Waals surface area contributed by atoms with Gasteiger partial charge in [0, 0.05) is 12.8 Å². The second kappa shape index (κ2) is 4.62. The summed E-state index contributed by atoms with van der Waals surface area (Å²) >= 11 is 0. The van der Waals surface area contributed by atoms with E-state index in [-0.39, 0.29) is 11.9 Å². The van der Waals surface area contributed by atoms with Crippen molar-refractivity contribution in [3.8, 4) is 0 Å². The van der Waals surface area contributed by atoms with Crippen molar-refractivity contribution in [2.24, 2.45) is 17.3 Å². The van der Waals surface area contributed by atoms with Crippen molar-refractivity contribution in [2.75, 3.05) is 7.11 Å². The minimum Gasteiger partial charge on any atom is -0.468 e. The van der Waals surface area contributed by atoms with Crippen molar-refractivity contribution in [1.82, 2.24) is 0 Å². The Morgan fingerprint density at radius 2 is 2.26 bits per heavy atom. The molecule has 0 aromatic carbocycles. The molecular weight excluding hydrogens is 240 g/mol. The van der Waals surface area contributed by atoms with Crippen LogP contribution >= 0.6 is 0 Å². The van der Waals surface area contributed by atoms with Gasteiger partial charge >= 0.3 is 5.97 Å². The predicted octanol–water partition coefficient (Wildman–Crippen LogP) is 2.81. The lowest BCUT2D eigenvalue weighted by Crippen LogP contribution is -2.49. The van der Waals surface area contributed by atoms with Crippen molar-refractivity contribution in [3.05, 3.63) is 23.8 Å². The molecule has 2 saturated carbocycles. The Labute approximate surface area is 113 Å². The summed E-state index contributed by atoms with van der Waals surface area (Å²) in [6, 6.07) is 0. The molecule has 0 aliphatic heterocycles. The third-order valence-electron chi connectivity index (χ3n) is 5.10. The molecule has 0 spiro atoms. The number of carbonyl (C=O) groups excluding carboxylic acids is 2. The van der Waals surface area contributed by atoms with Crippen LogP contribution in [0.2, 0.25) is 0 Å². The lowest BCUT2D eigenvalue weighted by Gasteiger charge is -2.49. The zero-order valence-corrected chi connectivity index (χ0v) is 11.4. The number of esters is 1. The second-order valence-electron chi connectivity index (χ2n) is 5.91. The fraction of sp³-hybridized carbons (Fsp3) is 0.625. The number of hydrogen-bond donors (Lipinski definition) is 0. The van der Waals surface area contributed by atoms with Crippen molar-refractivity contribution in [2.45, 2.75) is 38.5 Å². The first-order chi connectivity index (χ1) is 9.18. The first kappa shape index (κ1) is 12.6. The number of Topliss-reactive ketones (excluding diaryl/α,β-unsaturated/α-hetero) is 1. The molecule has 3 rings (SSSR count). The second-order valence-corrected chi connectivity index (χ2v) is 5.91. The molecule has 3 unspecified atom stereocenters. The Balaban J connectivity index is 2.05. The van der Waals surface area contributed by atoms with E-state index in [1.807, 2.05) is 0 Å². The maximum absolute atomic E-state index is 12.5. The van der Waals surface area contributed by atoms with Crippen molar-refractivity contribution >= 4 is 11.8 Å². The molecule has 0 aromatic heterocycles. The van der Waals surface area contributed by atoms with Crippen molar-refractivity contribution in [1.29, 1.82) is 0 Å². The molecule has 19 heavy (non-hydrogen) atoms. The standard InChI is InChI=1S/C16H20O3/c1-19-15(18)16-9-8-13(17)10-12(16)7-6-11-4-2-3-5-14(11)16/h2,4-5,11-12H,3,6-10H2,1H3. The molecule has 3 aliphatic rings. The third-order valence-corrected chi connectivity index (χ3v) is 5.10. The van der Waals surface area contributed by atoms with Crippen molar-refractivity contribution in [3.63, 3.8) is 0 Å². The lowest BCUT2D eigenvalue weighted by molar-refractivity contribution is -0.158. The number of carbonyl (C=O) groups is 2. The van der Waals surface area contributed by atoms with Gasteiger partial charge in [-0.05, 0) is 43.1 Å². The summed E-state index contributed by atoms with van der Waals surface area (Å²) in [5.74, 6) is 0.693. The van der Waals surface area contributed by atoms with E-state index in [4.69, 9.17) is 4.74 Å². The topological polar surface area (TPSA) is 43.4 Å². The van der Waals surface area contributed by atoms with Crippen LogP contribution in [0.4, 0.5) is 0 Å². The minimum atomic E-state index is -0.518. The van der Waals surface area contributed by atoms with Crippen LogP contribution in [-0.2, 0) is 14.3 Å². The summed E-state index contributed by atoms with van der Waals surface area (Å²) in [5, 5.41) is 0. The van der Waals surface area contributed by atoms with Crippen LogP contribution in [0.3, 0.4) is 0 Å². The Bertz CT molecular complexity index is 474. The highest BCUT2D eigenvalue weighted by molar-refractivity contribution is 5.88. The fourth-order valence-corrected chi connectivity index (χ4v) is 4.23. The maximum Gasteiger partial charge on any atom is 0.316 e. The van der Waals surface area contributed by atoms with Crippen molar-refractivity contribution < 1.29 is 14.3 Å². The molecule has 0 amide bonds. The minimum absolute atomic E-state index is 0.128. The number of ketones is 1. The smallest absolute Gasteiger partial charge is 0.316 e. The average Bonchev–Trinajstić information content (AvgIpc) is 2.46. The van der Waals surface area contributed by atoms with Gasteiger partial charge in [-0.15, -0.1) is 0 Å². The Kier molecular flexibility index (Phi) is 3.08. The van der Waals surface area contributed by atoms with Gasteiger partial charge < -0.3 is 4.74 Å². The van der Waals surface area contributed by atoms with Gasteiger partial charge in [-0.25, -0.2) is 0 Å². The zero-order chi connectivity index (χ0) is 13.5. The number of methoxy groups -OCH3 is 1. The maximum atomic E-state index is 12.5. The molecule has 3 heteroatoms. The fourth-order valence-electron chi connectivity index (χ4n) is 4.23. The number of allylic oxidation sites excluding steroid dienone is 3. The Hall–Kier alpha value is -1.38. The number of hydrogen-bond acceptors (Lipinski definition) is 3. The van der Waals surface area contributed by atoms with Gasteiger partial charge in [0.1, 0.15) is 5.78 Å². The molecule has 3 nitrogen and oxygen atoms in total. The normalized spacial score (nSPS) is 37.1. The molecule has 0 aromatic rings. The molecule has 0 N–H and O–H groups in total. The molecule has 2 fully saturated rings. The number of rotatable bonds is 1. The first-order valence-corrected chi connectivity index (χ1v) is 7.16. The molecule has 3 aliphatic carbocycles. The highest BCUT2D eigenvalue weighted by atomic mass is 16.5. The Morgan fingerprint density at radius 3 is 3.05 bits per heavy atom. The van der Waals surface area contributed by atoms with E-state index in [1.165, 1.54) is 12.7 Å². The van der Waals surface area contributed by atoms with Gasteiger partial charge in [0.15, 0.2) is 0 Å². The van der Waals surface area contributed by atoms with Crippen LogP contribution in [0.1, 0.15) is 38.5 Å². The van der Waals surface area contributed by atoms with Gasteiger partial charge in [0.05, 0.1) is 12.5 Å². The van der Waals surface area contributed by atoms with Gasteiger partial charge in [-0.3, -0.25) is 9.59 Å². The SMILES string of the molecule is COC(=O)C12CCC(=O)CC1CCC1C=CCC=C12. The van der Waals surface area contributed by atoms with E-state index >= 15 is 0 Å². The summed E-state index contributed by atoms with van der Waals surface area (Å²) in [7, 11) is 1.47. The van der Waals surface area contributed by atoms with Crippen LogP contribution < -0.4 is 0 Å². The zero-order valence-electron chi connectivity index (χ0n) is 11.4. The monoisotopic (exact) mass is 260 g/mol. The molecule has 102 valence electrons. The summed E-state index contributed by atoms with van der Waals surface area (Å²) in [6.45, 7) is 0. The predicted molar refractivity (Wildman–Crippen MR) is 71.4 cm³/mol. The van der Waals surface area contributed by atoms with Crippen LogP contribution in [-0.4, -0.2) is 18.9 Å². The quantitative estimate of drug-likeness (QED) is 0.538. The molecule has 0 radical (unpaired) electrons. The van der Waals surface area contributed by atoms with E-state index < -0.39 is 5.41 Å². The van der Waals surface area contributed by atoms with Crippen LogP contribution in [0.25, 0.3) is 0 Å². The largest absolute Gasteiger partial charge is 0.468 e. The number of fused-ring (bicyclic) bond motifs is 3.